The minimum Gasteiger partial charge on any atom is -0.399 e. The van der Waals surface area contributed by atoms with Crippen LogP contribution in [0, 0.1) is 5.92 Å². The van der Waals surface area contributed by atoms with Crippen molar-refractivity contribution in [1.29, 1.82) is 0 Å². The molecule has 0 heterocycles. The number of rotatable bonds is 5. The summed E-state index contributed by atoms with van der Waals surface area (Å²) in [5.74, 6) is 0.598. The number of allylic oxidation sites excluding steroid dienone is 5. The summed E-state index contributed by atoms with van der Waals surface area (Å²) >= 11 is 3.50. The van der Waals surface area contributed by atoms with Crippen LogP contribution in [-0.2, 0) is 0 Å². The molecule has 0 saturated carbocycles. The third kappa shape index (κ3) is 4.33. The molecular weight excluding hydrogens is 324 g/mol. The molecule has 116 valence electrons. The Balaban J connectivity index is 2.02. The summed E-state index contributed by atoms with van der Waals surface area (Å²) in [6.07, 6.45) is 13.3. The summed E-state index contributed by atoms with van der Waals surface area (Å²) in [4.78, 5) is 0. The molecule has 0 aliphatic heterocycles. The van der Waals surface area contributed by atoms with Crippen LogP contribution >= 0.6 is 15.9 Å². The zero-order chi connectivity index (χ0) is 15.4. The van der Waals surface area contributed by atoms with Gasteiger partial charge in [-0.05, 0) is 61.1 Å². The van der Waals surface area contributed by atoms with Crippen molar-refractivity contribution in [2.75, 3.05) is 0 Å². The number of halogens is 1. The van der Waals surface area contributed by atoms with E-state index in [2.05, 4.69) is 66.3 Å². The predicted molar refractivity (Wildman–Crippen MR) is 95.1 cm³/mol. The lowest BCUT2D eigenvalue weighted by molar-refractivity contribution is 0.372. The molecule has 0 spiro atoms. The lowest BCUT2D eigenvalue weighted by Crippen LogP contribution is -2.43. The summed E-state index contributed by atoms with van der Waals surface area (Å²) in [6.45, 7) is 6.67. The van der Waals surface area contributed by atoms with Gasteiger partial charge in [-0.3, -0.25) is 0 Å². The fraction of sp³-hybridized carbons (Fsp3) is 0.556. The van der Waals surface area contributed by atoms with E-state index in [1.807, 2.05) is 0 Å². The van der Waals surface area contributed by atoms with E-state index >= 15 is 0 Å². The van der Waals surface area contributed by atoms with E-state index in [1.165, 1.54) is 15.6 Å². The molecule has 3 unspecified atom stereocenters. The molecule has 2 aliphatic carbocycles. The minimum atomic E-state index is 0.369. The van der Waals surface area contributed by atoms with Gasteiger partial charge in [-0.1, -0.05) is 47.2 Å². The van der Waals surface area contributed by atoms with Gasteiger partial charge >= 0.3 is 0 Å². The largest absolute Gasteiger partial charge is 0.399 e. The van der Waals surface area contributed by atoms with Gasteiger partial charge in [0.25, 0.3) is 0 Å². The molecule has 2 aliphatic rings. The van der Waals surface area contributed by atoms with Crippen LogP contribution in [-0.4, -0.2) is 12.1 Å². The van der Waals surface area contributed by atoms with E-state index in [1.54, 1.807) is 0 Å². The smallest absolute Gasteiger partial charge is 0.0380 e. The number of hydrogen-bond donors (Lipinski definition) is 2. The zero-order valence-electron chi connectivity index (χ0n) is 13.3. The normalized spacial score (nSPS) is 25.4. The molecule has 3 N–H and O–H groups in total. The van der Waals surface area contributed by atoms with E-state index in [4.69, 9.17) is 5.73 Å². The Hall–Kier alpha value is -0.800. The average Bonchev–Trinajstić information content (AvgIpc) is 2.45. The number of nitrogens with one attached hydrogen (secondary N) is 1. The molecule has 2 nitrogen and oxygen atoms in total. The van der Waals surface area contributed by atoms with Gasteiger partial charge in [-0.15, -0.1) is 0 Å². The first-order valence-corrected chi connectivity index (χ1v) is 8.72. The standard InChI is InChI=1S/C18H27BrN2/c1-12(10-11-13(2)19)14(3)21-17-9-5-7-15-6-4-8-16(20)18(15)17/h5,7-8,11-12,14,17,21H,4,6,9-10,20H2,1-3H3/b13-11+. The second-order valence-electron chi connectivity index (χ2n) is 6.29. The Bertz CT molecular complexity index is 495. The molecule has 0 aromatic carbocycles. The lowest BCUT2D eigenvalue weighted by atomic mass is 9.84. The maximum absolute atomic E-state index is 6.24. The molecule has 3 heteroatoms. The summed E-state index contributed by atoms with van der Waals surface area (Å²) in [5.41, 5.74) is 9.99. The van der Waals surface area contributed by atoms with Crippen molar-refractivity contribution in [3.05, 3.63) is 45.6 Å². The van der Waals surface area contributed by atoms with Crippen LogP contribution < -0.4 is 11.1 Å². The fourth-order valence-electron chi connectivity index (χ4n) is 3.06. The minimum absolute atomic E-state index is 0.369. The first-order chi connectivity index (χ1) is 9.99. The van der Waals surface area contributed by atoms with Gasteiger partial charge in [0.15, 0.2) is 0 Å². The van der Waals surface area contributed by atoms with E-state index < -0.39 is 0 Å². The second-order valence-corrected chi connectivity index (χ2v) is 7.54. The molecule has 0 amide bonds. The third-order valence-electron chi connectivity index (χ3n) is 4.56. The molecule has 0 aromatic rings. The Kier molecular flexibility index (Phi) is 5.88. The van der Waals surface area contributed by atoms with Gasteiger partial charge in [0.1, 0.15) is 0 Å². The van der Waals surface area contributed by atoms with Gasteiger partial charge in [0, 0.05) is 17.8 Å². The van der Waals surface area contributed by atoms with Crippen LogP contribution in [0.2, 0.25) is 0 Å². The van der Waals surface area contributed by atoms with Crippen molar-refractivity contribution < 1.29 is 0 Å². The Morgan fingerprint density at radius 3 is 3.00 bits per heavy atom. The van der Waals surface area contributed by atoms with Crippen molar-refractivity contribution in [1.82, 2.24) is 5.32 Å². The van der Waals surface area contributed by atoms with E-state index in [0.717, 1.165) is 31.4 Å². The van der Waals surface area contributed by atoms with Gasteiger partial charge < -0.3 is 11.1 Å². The highest BCUT2D eigenvalue weighted by Gasteiger charge is 2.25. The van der Waals surface area contributed by atoms with Crippen LogP contribution in [0.4, 0.5) is 0 Å². The summed E-state index contributed by atoms with van der Waals surface area (Å²) in [6, 6.07) is 0.834. The molecule has 0 bridgehead atoms. The summed E-state index contributed by atoms with van der Waals surface area (Å²) < 4.78 is 1.21. The van der Waals surface area contributed by atoms with E-state index in [9.17, 15) is 0 Å². The first-order valence-electron chi connectivity index (χ1n) is 7.93. The van der Waals surface area contributed by atoms with Crippen molar-refractivity contribution in [3.63, 3.8) is 0 Å². The van der Waals surface area contributed by atoms with Gasteiger partial charge in [0.05, 0.1) is 0 Å². The van der Waals surface area contributed by atoms with Gasteiger partial charge in [-0.25, -0.2) is 0 Å². The molecular formula is C18H27BrN2. The van der Waals surface area contributed by atoms with Gasteiger partial charge in [0.2, 0.25) is 0 Å². The van der Waals surface area contributed by atoms with Crippen LogP contribution in [0.1, 0.15) is 46.5 Å². The topological polar surface area (TPSA) is 38.0 Å². The molecule has 0 radical (unpaired) electrons. The second kappa shape index (κ2) is 7.46. The number of hydrogen-bond acceptors (Lipinski definition) is 2. The van der Waals surface area contributed by atoms with Crippen LogP contribution in [0.5, 0.6) is 0 Å². The lowest BCUT2D eigenvalue weighted by Gasteiger charge is -2.33. The monoisotopic (exact) mass is 350 g/mol. The molecule has 3 atom stereocenters. The zero-order valence-corrected chi connectivity index (χ0v) is 14.9. The molecule has 0 saturated heterocycles. The quantitative estimate of drug-likeness (QED) is 0.763. The van der Waals surface area contributed by atoms with Crippen molar-refractivity contribution in [2.45, 2.75) is 58.5 Å². The first kappa shape index (κ1) is 16.6. The fourth-order valence-corrected chi connectivity index (χ4v) is 3.25. The number of nitrogens with two attached hydrogens (primary N) is 1. The summed E-state index contributed by atoms with van der Waals surface area (Å²) in [7, 11) is 0. The molecule has 0 aromatic heterocycles. The SMILES string of the molecule is C/C(Br)=C\CC(C)C(C)NC1CC=CC2=C1C(N)=CCC2. The maximum Gasteiger partial charge on any atom is 0.0380 e. The highest BCUT2D eigenvalue weighted by atomic mass is 79.9. The van der Waals surface area contributed by atoms with Gasteiger partial charge in [-0.2, -0.15) is 0 Å². The van der Waals surface area contributed by atoms with Crippen molar-refractivity contribution >= 4 is 15.9 Å². The summed E-state index contributed by atoms with van der Waals surface area (Å²) in [5, 5.41) is 3.80. The van der Waals surface area contributed by atoms with Crippen LogP contribution in [0.15, 0.2) is 45.6 Å². The highest BCUT2D eigenvalue weighted by molar-refractivity contribution is 9.11. The maximum atomic E-state index is 6.24. The Morgan fingerprint density at radius 1 is 1.52 bits per heavy atom. The van der Waals surface area contributed by atoms with Crippen molar-refractivity contribution in [2.24, 2.45) is 11.7 Å². The Morgan fingerprint density at radius 2 is 2.29 bits per heavy atom. The molecule has 2 rings (SSSR count). The molecule has 21 heavy (non-hydrogen) atoms. The van der Waals surface area contributed by atoms with Crippen molar-refractivity contribution in [3.8, 4) is 0 Å². The average molecular weight is 351 g/mol. The van der Waals surface area contributed by atoms with E-state index in [0.29, 0.717) is 18.0 Å². The highest BCUT2D eigenvalue weighted by Crippen LogP contribution is 2.31. The third-order valence-corrected chi connectivity index (χ3v) is 4.89. The van der Waals surface area contributed by atoms with Crippen LogP contribution in [0.25, 0.3) is 0 Å². The van der Waals surface area contributed by atoms with E-state index in [-0.39, 0.29) is 0 Å². The van der Waals surface area contributed by atoms with Crippen LogP contribution in [0.3, 0.4) is 0 Å². The molecule has 0 fully saturated rings. The Labute approximate surface area is 137 Å². The predicted octanol–water partition coefficient (Wildman–Crippen LogP) is 4.55.